The first-order chi connectivity index (χ1) is 9.79. The van der Waals surface area contributed by atoms with E-state index in [0.717, 1.165) is 23.5 Å². The summed E-state index contributed by atoms with van der Waals surface area (Å²) in [5.41, 5.74) is 8.38. The minimum absolute atomic E-state index is 0.0636. The monoisotopic (exact) mass is 282 g/mol. The van der Waals surface area contributed by atoms with E-state index in [2.05, 4.69) is 54.8 Å². The van der Waals surface area contributed by atoms with Crippen LogP contribution in [0, 0.1) is 0 Å². The van der Waals surface area contributed by atoms with Crippen LogP contribution in [0.2, 0.25) is 0 Å². The van der Waals surface area contributed by atoms with Gasteiger partial charge in [0.15, 0.2) is 0 Å². The van der Waals surface area contributed by atoms with Crippen molar-refractivity contribution in [1.82, 2.24) is 4.98 Å². The minimum atomic E-state index is 0.0636. The fourth-order valence-corrected chi connectivity index (χ4v) is 3.32. The van der Waals surface area contributed by atoms with E-state index in [4.69, 9.17) is 10.7 Å². The zero-order valence-corrected chi connectivity index (χ0v) is 12.4. The molecule has 3 rings (SSSR count). The van der Waals surface area contributed by atoms with Gasteiger partial charge in [0.2, 0.25) is 0 Å². The highest BCUT2D eigenvalue weighted by molar-refractivity contribution is 7.10. The molecule has 0 aliphatic carbocycles. The maximum atomic E-state index is 6.16. The van der Waals surface area contributed by atoms with E-state index in [0.29, 0.717) is 0 Å². The third kappa shape index (κ3) is 2.47. The molecule has 20 heavy (non-hydrogen) atoms. The molecule has 2 N–H and O–H groups in total. The third-order valence-corrected chi connectivity index (χ3v) is 4.48. The summed E-state index contributed by atoms with van der Waals surface area (Å²) >= 11 is 1.66. The summed E-state index contributed by atoms with van der Waals surface area (Å²) in [6.45, 7) is 2.15. The van der Waals surface area contributed by atoms with Crippen LogP contribution in [-0.2, 0) is 0 Å². The average Bonchev–Trinajstić information content (AvgIpc) is 2.97. The Morgan fingerprint density at radius 3 is 2.80 bits per heavy atom. The summed E-state index contributed by atoms with van der Waals surface area (Å²) in [6, 6.07) is 14.8. The van der Waals surface area contributed by atoms with Crippen LogP contribution in [0.5, 0.6) is 0 Å². The van der Waals surface area contributed by atoms with E-state index < -0.39 is 0 Å². The van der Waals surface area contributed by atoms with E-state index >= 15 is 0 Å². The first kappa shape index (κ1) is 13.3. The smallest absolute Gasteiger partial charge is 0.110 e. The number of nitrogens with zero attached hydrogens (tertiary/aromatic N) is 1. The standard InChI is InChI=1S/C17H18N2S/c1-2-6-15(18)17-19-16(11-20-17)14-10-5-8-12-7-3-4-9-13(12)14/h3-5,7-11,15H,2,6,18H2,1H3. The molecule has 1 heterocycles. The molecule has 3 heteroatoms. The van der Waals surface area contributed by atoms with E-state index in [9.17, 15) is 0 Å². The molecule has 2 nitrogen and oxygen atoms in total. The lowest BCUT2D eigenvalue weighted by molar-refractivity contribution is 0.635. The summed E-state index contributed by atoms with van der Waals surface area (Å²) in [6.07, 6.45) is 2.08. The number of hydrogen-bond acceptors (Lipinski definition) is 3. The number of thiazole rings is 1. The maximum Gasteiger partial charge on any atom is 0.110 e. The molecule has 0 bridgehead atoms. The molecule has 2 aromatic carbocycles. The van der Waals surface area contributed by atoms with Crippen LogP contribution in [0.3, 0.4) is 0 Å². The fraction of sp³-hybridized carbons (Fsp3) is 0.235. The van der Waals surface area contributed by atoms with Crippen LogP contribution in [0.4, 0.5) is 0 Å². The van der Waals surface area contributed by atoms with Crippen molar-refractivity contribution in [3.05, 3.63) is 52.9 Å². The molecule has 0 fully saturated rings. The van der Waals surface area contributed by atoms with Gasteiger partial charge in [-0.2, -0.15) is 0 Å². The number of nitrogens with two attached hydrogens (primary N) is 1. The maximum absolute atomic E-state index is 6.16. The van der Waals surface area contributed by atoms with Gasteiger partial charge in [0.1, 0.15) is 5.01 Å². The molecule has 0 amide bonds. The molecular weight excluding hydrogens is 264 g/mol. The van der Waals surface area contributed by atoms with Gasteiger partial charge < -0.3 is 5.73 Å². The molecule has 1 atom stereocenters. The van der Waals surface area contributed by atoms with Crippen LogP contribution in [0.25, 0.3) is 22.0 Å². The van der Waals surface area contributed by atoms with Gasteiger partial charge >= 0.3 is 0 Å². The van der Waals surface area contributed by atoms with Crippen molar-refractivity contribution in [2.24, 2.45) is 5.73 Å². The van der Waals surface area contributed by atoms with Crippen LogP contribution in [0.1, 0.15) is 30.8 Å². The van der Waals surface area contributed by atoms with Gasteiger partial charge in [-0.1, -0.05) is 55.8 Å². The lowest BCUT2D eigenvalue weighted by Crippen LogP contribution is -2.09. The normalized spacial score (nSPS) is 12.7. The lowest BCUT2D eigenvalue weighted by atomic mass is 10.0. The second-order valence-electron chi connectivity index (χ2n) is 4.99. The Bertz CT molecular complexity index is 712. The number of benzene rings is 2. The summed E-state index contributed by atoms with van der Waals surface area (Å²) in [5, 5.41) is 5.65. The van der Waals surface area contributed by atoms with Crippen molar-refractivity contribution in [2.45, 2.75) is 25.8 Å². The summed E-state index contributed by atoms with van der Waals surface area (Å²) in [5.74, 6) is 0. The van der Waals surface area contributed by atoms with E-state index in [-0.39, 0.29) is 6.04 Å². The Balaban J connectivity index is 2.03. The van der Waals surface area contributed by atoms with Gasteiger partial charge in [0.05, 0.1) is 11.7 Å². The Kier molecular flexibility index (Phi) is 3.81. The summed E-state index contributed by atoms with van der Waals surface area (Å²) in [4.78, 5) is 4.74. The molecule has 0 spiro atoms. The van der Waals surface area contributed by atoms with Crippen molar-refractivity contribution in [3.63, 3.8) is 0 Å². The molecule has 0 saturated heterocycles. The summed E-state index contributed by atoms with van der Waals surface area (Å²) < 4.78 is 0. The lowest BCUT2D eigenvalue weighted by Gasteiger charge is -2.06. The zero-order valence-electron chi connectivity index (χ0n) is 11.5. The average molecular weight is 282 g/mol. The fourth-order valence-electron chi connectivity index (χ4n) is 2.46. The van der Waals surface area contributed by atoms with Crippen molar-refractivity contribution < 1.29 is 0 Å². The molecule has 3 aromatic rings. The molecule has 0 saturated carbocycles. The van der Waals surface area contributed by atoms with Gasteiger partial charge in [0, 0.05) is 10.9 Å². The Morgan fingerprint density at radius 1 is 1.15 bits per heavy atom. The van der Waals surface area contributed by atoms with Crippen molar-refractivity contribution in [2.75, 3.05) is 0 Å². The zero-order chi connectivity index (χ0) is 13.9. The van der Waals surface area contributed by atoms with Gasteiger partial charge in [-0.15, -0.1) is 11.3 Å². The van der Waals surface area contributed by atoms with Crippen molar-refractivity contribution >= 4 is 22.1 Å². The minimum Gasteiger partial charge on any atom is -0.322 e. The molecule has 0 radical (unpaired) electrons. The predicted molar refractivity (Wildman–Crippen MR) is 86.9 cm³/mol. The van der Waals surface area contributed by atoms with E-state index in [1.807, 2.05) is 0 Å². The van der Waals surface area contributed by atoms with Crippen LogP contribution in [-0.4, -0.2) is 4.98 Å². The molecule has 102 valence electrons. The third-order valence-electron chi connectivity index (χ3n) is 3.50. The first-order valence-electron chi connectivity index (χ1n) is 6.98. The van der Waals surface area contributed by atoms with Gasteiger partial charge in [-0.3, -0.25) is 0 Å². The topological polar surface area (TPSA) is 38.9 Å². The molecular formula is C17H18N2S. The molecule has 0 aliphatic rings. The molecule has 0 aliphatic heterocycles. The largest absolute Gasteiger partial charge is 0.322 e. The molecule has 1 unspecified atom stereocenters. The highest BCUT2D eigenvalue weighted by atomic mass is 32.1. The molecule has 1 aromatic heterocycles. The first-order valence-corrected chi connectivity index (χ1v) is 7.86. The Morgan fingerprint density at radius 2 is 1.95 bits per heavy atom. The van der Waals surface area contributed by atoms with Gasteiger partial charge in [-0.05, 0) is 17.2 Å². The number of fused-ring (bicyclic) bond motifs is 1. The Labute approximate surface area is 123 Å². The number of rotatable bonds is 4. The highest BCUT2D eigenvalue weighted by Gasteiger charge is 2.12. The Hall–Kier alpha value is -1.71. The van der Waals surface area contributed by atoms with Crippen molar-refractivity contribution in [3.8, 4) is 11.3 Å². The second kappa shape index (κ2) is 5.73. The van der Waals surface area contributed by atoms with Gasteiger partial charge in [-0.25, -0.2) is 4.98 Å². The van der Waals surface area contributed by atoms with E-state index in [1.165, 1.54) is 16.3 Å². The second-order valence-corrected chi connectivity index (χ2v) is 5.88. The number of hydrogen-bond donors (Lipinski definition) is 1. The van der Waals surface area contributed by atoms with Crippen LogP contribution in [0.15, 0.2) is 47.8 Å². The quantitative estimate of drug-likeness (QED) is 0.749. The van der Waals surface area contributed by atoms with Crippen molar-refractivity contribution in [1.29, 1.82) is 0 Å². The summed E-state index contributed by atoms with van der Waals surface area (Å²) in [7, 11) is 0. The van der Waals surface area contributed by atoms with E-state index in [1.54, 1.807) is 11.3 Å². The van der Waals surface area contributed by atoms with Gasteiger partial charge in [0.25, 0.3) is 0 Å². The predicted octanol–water partition coefficient (Wildman–Crippen LogP) is 4.76. The number of aromatic nitrogens is 1. The highest BCUT2D eigenvalue weighted by Crippen LogP contribution is 2.31. The van der Waals surface area contributed by atoms with Crippen LogP contribution < -0.4 is 5.73 Å². The van der Waals surface area contributed by atoms with Crippen LogP contribution >= 0.6 is 11.3 Å². The SMILES string of the molecule is CCCC(N)c1nc(-c2cccc3ccccc23)cs1.